The predicted molar refractivity (Wildman–Crippen MR) is 48.4 cm³/mol. The molecule has 2 nitrogen and oxygen atoms in total. The quantitative estimate of drug-likeness (QED) is 0.493. The average Bonchev–Trinajstić information content (AvgIpc) is 1.99. The summed E-state index contributed by atoms with van der Waals surface area (Å²) in [6.07, 6.45) is 8.89. The SMILES string of the molecule is C=CCCC1=CC=CC(O)(O)C1. The molecule has 0 unspecified atom stereocenters. The van der Waals surface area contributed by atoms with Crippen LogP contribution in [0.3, 0.4) is 0 Å². The highest BCUT2D eigenvalue weighted by molar-refractivity contribution is 5.22. The third-order valence-electron chi connectivity index (χ3n) is 1.85. The van der Waals surface area contributed by atoms with Crippen LogP contribution in [0.25, 0.3) is 0 Å². The fourth-order valence-electron chi connectivity index (χ4n) is 1.25. The Labute approximate surface area is 72.5 Å². The van der Waals surface area contributed by atoms with E-state index in [9.17, 15) is 10.2 Å². The molecule has 2 heteroatoms. The fourth-order valence-corrected chi connectivity index (χ4v) is 1.25. The minimum absolute atomic E-state index is 0.317. The predicted octanol–water partition coefficient (Wildman–Crippen LogP) is 1.52. The third kappa shape index (κ3) is 2.64. The highest BCUT2D eigenvalue weighted by Gasteiger charge is 2.22. The van der Waals surface area contributed by atoms with Crippen LogP contribution in [0.1, 0.15) is 19.3 Å². The highest BCUT2D eigenvalue weighted by Crippen LogP contribution is 2.23. The number of rotatable bonds is 3. The van der Waals surface area contributed by atoms with Gasteiger partial charge in [0.25, 0.3) is 0 Å². The lowest BCUT2D eigenvalue weighted by Gasteiger charge is -2.21. The van der Waals surface area contributed by atoms with Crippen molar-refractivity contribution in [1.82, 2.24) is 0 Å². The van der Waals surface area contributed by atoms with Gasteiger partial charge in [-0.1, -0.05) is 23.8 Å². The second-order valence-corrected chi connectivity index (χ2v) is 3.07. The Morgan fingerprint density at radius 2 is 2.33 bits per heavy atom. The molecule has 0 atom stereocenters. The lowest BCUT2D eigenvalue weighted by Crippen LogP contribution is -2.26. The summed E-state index contributed by atoms with van der Waals surface area (Å²) in [5.41, 5.74) is 1.06. The molecule has 1 aliphatic carbocycles. The van der Waals surface area contributed by atoms with Crippen LogP contribution in [-0.4, -0.2) is 16.0 Å². The van der Waals surface area contributed by atoms with Crippen molar-refractivity contribution in [1.29, 1.82) is 0 Å². The molecule has 1 aliphatic rings. The monoisotopic (exact) mass is 166 g/mol. The van der Waals surface area contributed by atoms with E-state index >= 15 is 0 Å². The van der Waals surface area contributed by atoms with Gasteiger partial charge >= 0.3 is 0 Å². The van der Waals surface area contributed by atoms with E-state index in [1.165, 1.54) is 6.08 Å². The van der Waals surface area contributed by atoms with Gasteiger partial charge in [0.1, 0.15) is 0 Å². The lowest BCUT2D eigenvalue weighted by atomic mass is 9.96. The molecule has 2 N–H and O–H groups in total. The first kappa shape index (κ1) is 9.23. The van der Waals surface area contributed by atoms with E-state index < -0.39 is 5.79 Å². The van der Waals surface area contributed by atoms with E-state index in [0.717, 1.165) is 18.4 Å². The van der Waals surface area contributed by atoms with Crippen LogP contribution in [0.4, 0.5) is 0 Å². The Balaban J connectivity index is 2.51. The summed E-state index contributed by atoms with van der Waals surface area (Å²) in [4.78, 5) is 0. The molecule has 0 fully saturated rings. The zero-order valence-electron chi connectivity index (χ0n) is 7.03. The molecular formula is C10H14O2. The Morgan fingerprint density at radius 1 is 1.58 bits per heavy atom. The minimum Gasteiger partial charge on any atom is -0.362 e. The molecule has 0 spiro atoms. The van der Waals surface area contributed by atoms with E-state index in [1.54, 1.807) is 6.08 Å². The van der Waals surface area contributed by atoms with Gasteiger partial charge in [0, 0.05) is 6.42 Å². The van der Waals surface area contributed by atoms with Crippen LogP contribution in [0.5, 0.6) is 0 Å². The van der Waals surface area contributed by atoms with Crippen LogP contribution < -0.4 is 0 Å². The van der Waals surface area contributed by atoms with Gasteiger partial charge in [-0.2, -0.15) is 0 Å². The molecule has 0 aromatic heterocycles. The van der Waals surface area contributed by atoms with Crippen molar-refractivity contribution in [2.24, 2.45) is 0 Å². The zero-order valence-corrected chi connectivity index (χ0v) is 7.03. The van der Waals surface area contributed by atoms with Crippen molar-refractivity contribution in [3.8, 4) is 0 Å². The Kier molecular flexibility index (Phi) is 2.84. The Morgan fingerprint density at radius 3 is 2.92 bits per heavy atom. The highest BCUT2D eigenvalue weighted by atomic mass is 16.5. The maximum absolute atomic E-state index is 9.25. The van der Waals surface area contributed by atoms with Gasteiger partial charge < -0.3 is 10.2 Å². The first-order valence-corrected chi connectivity index (χ1v) is 4.07. The van der Waals surface area contributed by atoms with Crippen LogP contribution >= 0.6 is 0 Å². The maximum atomic E-state index is 9.25. The molecule has 0 saturated heterocycles. The number of hydrogen-bond donors (Lipinski definition) is 2. The summed E-state index contributed by atoms with van der Waals surface area (Å²) >= 11 is 0. The smallest absolute Gasteiger partial charge is 0.186 e. The van der Waals surface area contributed by atoms with Gasteiger partial charge in [0.05, 0.1) is 0 Å². The summed E-state index contributed by atoms with van der Waals surface area (Å²) in [7, 11) is 0. The Hall–Kier alpha value is -0.860. The fraction of sp³-hybridized carbons (Fsp3) is 0.400. The molecule has 0 radical (unpaired) electrons. The number of allylic oxidation sites excluding steroid dienone is 3. The molecule has 66 valence electrons. The topological polar surface area (TPSA) is 40.5 Å². The van der Waals surface area contributed by atoms with Gasteiger partial charge in [0.2, 0.25) is 0 Å². The van der Waals surface area contributed by atoms with Gasteiger partial charge in [-0.15, -0.1) is 6.58 Å². The normalized spacial score (nSPS) is 20.3. The molecule has 0 bridgehead atoms. The van der Waals surface area contributed by atoms with E-state index in [2.05, 4.69) is 6.58 Å². The summed E-state index contributed by atoms with van der Waals surface area (Å²) in [6, 6.07) is 0. The van der Waals surface area contributed by atoms with Crippen molar-refractivity contribution in [2.45, 2.75) is 25.0 Å². The molecule has 1 rings (SSSR count). The third-order valence-corrected chi connectivity index (χ3v) is 1.85. The van der Waals surface area contributed by atoms with Gasteiger partial charge in [-0.05, 0) is 18.9 Å². The molecular weight excluding hydrogens is 152 g/mol. The molecule has 0 aromatic rings. The molecule has 0 amide bonds. The summed E-state index contributed by atoms with van der Waals surface area (Å²) in [6.45, 7) is 3.61. The second-order valence-electron chi connectivity index (χ2n) is 3.07. The summed E-state index contributed by atoms with van der Waals surface area (Å²) in [5.74, 6) is -1.63. The van der Waals surface area contributed by atoms with Crippen molar-refractivity contribution in [3.05, 3.63) is 36.5 Å². The van der Waals surface area contributed by atoms with E-state index in [0.29, 0.717) is 6.42 Å². The molecule has 0 saturated carbocycles. The van der Waals surface area contributed by atoms with E-state index in [-0.39, 0.29) is 0 Å². The Bertz CT molecular complexity index is 224. The molecule has 0 heterocycles. The average molecular weight is 166 g/mol. The van der Waals surface area contributed by atoms with Crippen LogP contribution in [0.15, 0.2) is 36.5 Å². The van der Waals surface area contributed by atoms with Crippen molar-refractivity contribution < 1.29 is 10.2 Å². The number of aliphatic hydroxyl groups is 2. The zero-order chi connectivity index (χ0) is 9.03. The van der Waals surface area contributed by atoms with Gasteiger partial charge in [0.15, 0.2) is 5.79 Å². The van der Waals surface area contributed by atoms with Crippen molar-refractivity contribution in [2.75, 3.05) is 0 Å². The second kappa shape index (κ2) is 3.70. The standard InChI is InChI=1S/C10H14O2/c1-2-3-5-9-6-4-7-10(11,12)8-9/h2,4,6-7,11-12H,1,3,5,8H2. The number of hydrogen-bond acceptors (Lipinski definition) is 2. The van der Waals surface area contributed by atoms with Gasteiger partial charge in [-0.3, -0.25) is 0 Å². The van der Waals surface area contributed by atoms with Crippen molar-refractivity contribution >= 4 is 0 Å². The van der Waals surface area contributed by atoms with Crippen LogP contribution in [-0.2, 0) is 0 Å². The first-order chi connectivity index (χ1) is 5.64. The van der Waals surface area contributed by atoms with Crippen LogP contribution in [0, 0.1) is 0 Å². The first-order valence-electron chi connectivity index (χ1n) is 4.07. The van der Waals surface area contributed by atoms with E-state index in [4.69, 9.17) is 0 Å². The van der Waals surface area contributed by atoms with Crippen LogP contribution in [0.2, 0.25) is 0 Å². The van der Waals surface area contributed by atoms with E-state index in [1.807, 2.05) is 12.2 Å². The minimum atomic E-state index is -1.63. The summed E-state index contributed by atoms with van der Waals surface area (Å²) < 4.78 is 0. The van der Waals surface area contributed by atoms with Gasteiger partial charge in [-0.25, -0.2) is 0 Å². The maximum Gasteiger partial charge on any atom is 0.186 e. The molecule has 0 aromatic carbocycles. The largest absolute Gasteiger partial charge is 0.362 e. The summed E-state index contributed by atoms with van der Waals surface area (Å²) in [5, 5.41) is 18.5. The van der Waals surface area contributed by atoms with Crippen molar-refractivity contribution in [3.63, 3.8) is 0 Å². The lowest BCUT2D eigenvalue weighted by molar-refractivity contribution is -0.117. The molecule has 12 heavy (non-hydrogen) atoms. The molecule has 0 aliphatic heterocycles.